The zero-order chi connectivity index (χ0) is 16.7. The van der Waals surface area contributed by atoms with Crippen LogP contribution in [0.1, 0.15) is 23.6 Å². The van der Waals surface area contributed by atoms with Crippen LogP contribution in [-0.2, 0) is 19.5 Å². The lowest BCUT2D eigenvalue weighted by Crippen LogP contribution is -2.36. The topological polar surface area (TPSA) is 41.6 Å². The van der Waals surface area contributed by atoms with Gasteiger partial charge in [0.25, 0.3) is 0 Å². The number of carbonyl (C=O) groups excluding carboxylic acids is 1. The fraction of sp³-hybridized carbons (Fsp3) is 0.316. The van der Waals surface area contributed by atoms with Gasteiger partial charge in [-0.3, -0.25) is 0 Å². The number of rotatable bonds is 6. The maximum absolute atomic E-state index is 12.2. The highest BCUT2D eigenvalue weighted by molar-refractivity contribution is 5.73. The average Bonchev–Trinajstić information content (AvgIpc) is 2.60. The highest BCUT2D eigenvalue weighted by Gasteiger charge is 2.09. The Labute approximate surface area is 138 Å². The van der Waals surface area contributed by atoms with Crippen molar-refractivity contribution in [1.29, 1.82) is 0 Å². The van der Waals surface area contributed by atoms with Crippen LogP contribution in [0.15, 0.2) is 48.5 Å². The predicted molar refractivity (Wildman–Crippen MR) is 92.5 cm³/mol. The van der Waals surface area contributed by atoms with Crippen LogP contribution in [0.5, 0.6) is 5.75 Å². The summed E-state index contributed by atoms with van der Waals surface area (Å²) in [5, 5.41) is 2.92. The number of amides is 2. The molecule has 2 rings (SSSR count). The molecule has 0 fully saturated rings. The molecule has 122 valence electrons. The number of hydrogen-bond acceptors (Lipinski definition) is 2. The lowest BCUT2D eigenvalue weighted by molar-refractivity contribution is 0.206. The van der Waals surface area contributed by atoms with E-state index in [0.29, 0.717) is 13.1 Å². The molecular weight excluding hydrogens is 288 g/mol. The summed E-state index contributed by atoms with van der Waals surface area (Å²) < 4.78 is 5.18. The van der Waals surface area contributed by atoms with E-state index in [4.69, 9.17) is 4.74 Å². The molecular formula is C19H24N2O2. The van der Waals surface area contributed by atoms with Crippen LogP contribution >= 0.6 is 0 Å². The molecule has 2 aromatic rings. The van der Waals surface area contributed by atoms with Crippen LogP contribution in [0.4, 0.5) is 4.79 Å². The molecule has 4 nitrogen and oxygen atoms in total. The summed E-state index contributed by atoms with van der Waals surface area (Å²) in [6.45, 7) is 3.20. The Hall–Kier alpha value is -2.49. The molecule has 0 aliphatic heterocycles. The number of urea groups is 1. The summed E-state index contributed by atoms with van der Waals surface area (Å²) in [6.07, 6.45) is 1.02. The molecule has 0 atom stereocenters. The van der Waals surface area contributed by atoms with Crippen molar-refractivity contribution in [3.8, 4) is 5.75 Å². The van der Waals surface area contributed by atoms with E-state index in [1.807, 2.05) is 24.3 Å². The molecule has 2 aromatic carbocycles. The van der Waals surface area contributed by atoms with Gasteiger partial charge in [-0.15, -0.1) is 0 Å². The molecule has 0 saturated heterocycles. The minimum absolute atomic E-state index is 0.0904. The summed E-state index contributed by atoms with van der Waals surface area (Å²) in [5.41, 5.74) is 3.44. The van der Waals surface area contributed by atoms with Crippen molar-refractivity contribution < 1.29 is 9.53 Å². The second kappa shape index (κ2) is 8.22. The largest absolute Gasteiger partial charge is 0.497 e. The number of nitrogens with one attached hydrogen (secondary N) is 1. The van der Waals surface area contributed by atoms with Gasteiger partial charge in [-0.05, 0) is 35.2 Å². The van der Waals surface area contributed by atoms with Crippen molar-refractivity contribution in [3.63, 3.8) is 0 Å². The summed E-state index contributed by atoms with van der Waals surface area (Å²) in [5.74, 6) is 0.793. The molecule has 2 amide bonds. The van der Waals surface area contributed by atoms with E-state index in [0.717, 1.165) is 23.3 Å². The molecule has 4 heteroatoms. The summed E-state index contributed by atoms with van der Waals surface area (Å²) in [7, 11) is 3.43. The molecule has 0 spiro atoms. The lowest BCUT2D eigenvalue weighted by Gasteiger charge is -2.18. The second-order valence-corrected chi connectivity index (χ2v) is 5.54. The van der Waals surface area contributed by atoms with Gasteiger partial charge >= 0.3 is 6.03 Å². The van der Waals surface area contributed by atoms with Crippen LogP contribution in [0.3, 0.4) is 0 Å². The third kappa shape index (κ3) is 5.02. The van der Waals surface area contributed by atoms with E-state index in [2.05, 4.69) is 36.5 Å². The molecule has 0 radical (unpaired) electrons. The van der Waals surface area contributed by atoms with Gasteiger partial charge in [0, 0.05) is 20.1 Å². The molecule has 1 N–H and O–H groups in total. The third-order valence-corrected chi connectivity index (χ3v) is 3.78. The molecule has 0 heterocycles. The van der Waals surface area contributed by atoms with Crippen LogP contribution in [0, 0.1) is 0 Å². The first kappa shape index (κ1) is 16.9. The molecule has 0 aliphatic carbocycles. The average molecular weight is 312 g/mol. The lowest BCUT2D eigenvalue weighted by atomic mass is 10.1. The minimum Gasteiger partial charge on any atom is -0.497 e. The Morgan fingerprint density at radius 3 is 2.43 bits per heavy atom. The molecule has 0 saturated carbocycles. The standard InChI is InChI=1S/C19H24N2O2/c1-4-15-8-10-16(11-9-15)14-21(2)19(22)20-13-17-6-5-7-18(12-17)23-3/h5-12H,4,13-14H2,1-3H3,(H,20,22). The Bertz CT molecular complexity index is 638. The number of carbonyl (C=O) groups is 1. The maximum atomic E-state index is 12.2. The number of aryl methyl sites for hydroxylation is 1. The van der Waals surface area contributed by atoms with Crippen molar-refractivity contribution in [2.75, 3.05) is 14.2 Å². The predicted octanol–water partition coefficient (Wildman–Crippen LogP) is 3.60. The monoisotopic (exact) mass is 312 g/mol. The van der Waals surface area contributed by atoms with Crippen LogP contribution in [-0.4, -0.2) is 25.1 Å². The first-order chi connectivity index (χ1) is 11.1. The van der Waals surface area contributed by atoms with Gasteiger partial charge in [0.1, 0.15) is 5.75 Å². The van der Waals surface area contributed by atoms with Crippen molar-refractivity contribution in [2.45, 2.75) is 26.4 Å². The molecule has 0 bridgehead atoms. The van der Waals surface area contributed by atoms with E-state index in [9.17, 15) is 4.79 Å². The molecule has 0 aliphatic rings. The normalized spacial score (nSPS) is 10.2. The highest BCUT2D eigenvalue weighted by Crippen LogP contribution is 2.12. The fourth-order valence-electron chi connectivity index (χ4n) is 2.32. The molecule has 0 aromatic heterocycles. The van der Waals surface area contributed by atoms with Crippen LogP contribution in [0.25, 0.3) is 0 Å². The maximum Gasteiger partial charge on any atom is 0.317 e. The number of nitrogens with zero attached hydrogens (tertiary/aromatic N) is 1. The summed E-state index contributed by atoms with van der Waals surface area (Å²) in [4.78, 5) is 13.9. The Morgan fingerprint density at radius 1 is 1.09 bits per heavy atom. The van der Waals surface area contributed by atoms with E-state index >= 15 is 0 Å². The van der Waals surface area contributed by atoms with Gasteiger partial charge in [-0.2, -0.15) is 0 Å². The molecule has 0 unspecified atom stereocenters. The fourth-order valence-corrected chi connectivity index (χ4v) is 2.32. The number of ether oxygens (including phenoxy) is 1. The first-order valence-electron chi connectivity index (χ1n) is 7.82. The van der Waals surface area contributed by atoms with Gasteiger partial charge in [0.05, 0.1) is 7.11 Å². The highest BCUT2D eigenvalue weighted by atomic mass is 16.5. The van der Waals surface area contributed by atoms with Gasteiger partial charge in [0.15, 0.2) is 0 Å². The van der Waals surface area contributed by atoms with Crippen molar-refractivity contribution in [2.24, 2.45) is 0 Å². The number of methoxy groups -OCH3 is 1. The van der Waals surface area contributed by atoms with Gasteiger partial charge in [-0.25, -0.2) is 4.79 Å². The van der Waals surface area contributed by atoms with E-state index in [1.165, 1.54) is 5.56 Å². The molecule has 23 heavy (non-hydrogen) atoms. The Kier molecular flexibility index (Phi) is 6.03. The Balaban J connectivity index is 1.86. The van der Waals surface area contributed by atoms with E-state index in [1.54, 1.807) is 19.1 Å². The van der Waals surface area contributed by atoms with Gasteiger partial charge in [-0.1, -0.05) is 43.3 Å². The van der Waals surface area contributed by atoms with Gasteiger partial charge in [0.2, 0.25) is 0 Å². The quantitative estimate of drug-likeness (QED) is 0.885. The second-order valence-electron chi connectivity index (χ2n) is 5.54. The summed E-state index contributed by atoms with van der Waals surface area (Å²) >= 11 is 0. The zero-order valence-electron chi connectivity index (χ0n) is 14.0. The zero-order valence-corrected chi connectivity index (χ0v) is 14.0. The smallest absolute Gasteiger partial charge is 0.317 e. The van der Waals surface area contributed by atoms with Crippen LogP contribution < -0.4 is 10.1 Å². The first-order valence-corrected chi connectivity index (χ1v) is 7.82. The minimum atomic E-state index is -0.0904. The third-order valence-electron chi connectivity index (χ3n) is 3.78. The Morgan fingerprint density at radius 2 is 1.78 bits per heavy atom. The summed E-state index contributed by atoms with van der Waals surface area (Å²) in [6, 6.07) is 16.0. The number of hydrogen-bond donors (Lipinski definition) is 1. The van der Waals surface area contributed by atoms with E-state index in [-0.39, 0.29) is 6.03 Å². The van der Waals surface area contributed by atoms with Crippen molar-refractivity contribution in [3.05, 3.63) is 65.2 Å². The van der Waals surface area contributed by atoms with Crippen molar-refractivity contribution >= 4 is 6.03 Å². The van der Waals surface area contributed by atoms with Gasteiger partial charge < -0.3 is 15.0 Å². The number of benzene rings is 2. The van der Waals surface area contributed by atoms with E-state index < -0.39 is 0 Å². The van der Waals surface area contributed by atoms with Crippen LogP contribution in [0.2, 0.25) is 0 Å². The SMILES string of the molecule is CCc1ccc(CN(C)C(=O)NCc2cccc(OC)c2)cc1. The van der Waals surface area contributed by atoms with Crippen molar-refractivity contribution in [1.82, 2.24) is 10.2 Å².